The predicted molar refractivity (Wildman–Crippen MR) is 109 cm³/mol. The van der Waals surface area contributed by atoms with Crippen LogP contribution in [0.25, 0.3) is 10.2 Å². The van der Waals surface area contributed by atoms with Crippen molar-refractivity contribution in [3.63, 3.8) is 0 Å². The van der Waals surface area contributed by atoms with Crippen LogP contribution in [-0.4, -0.2) is 57.2 Å². The van der Waals surface area contributed by atoms with Gasteiger partial charge in [0.2, 0.25) is 0 Å². The monoisotopic (exact) mass is 403 g/mol. The maximum Gasteiger partial charge on any atom is 0.260 e. The number of thiazole rings is 1. The molecule has 0 unspecified atom stereocenters. The number of halogens is 1. The molecule has 1 heterocycles. The van der Waals surface area contributed by atoms with E-state index in [9.17, 15) is 9.18 Å². The van der Waals surface area contributed by atoms with Gasteiger partial charge in [0.15, 0.2) is 16.6 Å². The second-order valence-electron chi connectivity index (χ2n) is 6.41. The number of fused-ring (bicyclic) bond motifs is 1. The molecule has 6 nitrogen and oxygen atoms in total. The van der Waals surface area contributed by atoms with E-state index in [1.165, 1.54) is 24.5 Å². The number of rotatable bonds is 7. The van der Waals surface area contributed by atoms with E-state index in [2.05, 4.69) is 4.98 Å². The third kappa shape index (κ3) is 4.07. The molecule has 2 aromatic carbocycles. The summed E-state index contributed by atoms with van der Waals surface area (Å²) in [5.74, 6) is 0.380. The molecule has 3 rings (SSSR count). The van der Waals surface area contributed by atoms with E-state index in [0.29, 0.717) is 40.0 Å². The Morgan fingerprint density at radius 1 is 1.11 bits per heavy atom. The smallest absolute Gasteiger partial charge is 0.260 e. The summed E-state index contributed by atoms with van der Waals surface area (Å²) in [7, 11) is 6.92. The van der Waals surface area contributed by atoms with E-state index >= 15 is 0 Å². The van der Waals surface area contributed by atoms with Gasteiger partial charge in [0.1, 0.15) is 11.3 Å². The van der Waals surface area contributed by atoms with Crippen molar-refractivity contribution in [2.45, 2.75) is 0 Å². The fourth-order valence-electron chi connectivity index (χ4n) is 2.73. The molecule has 0 radical (unpaired) electrons. The van der Waals surface area contributed by atoms with Crippen molar-refractivity contribution in [3.8, 4) is 11.5 Å². The van der Waals surface area contributed by atoms with E-state index < -0.39 is 5.82 Å². The number of anilines is 1. The zero-order valence-electron chi connectivity index (χ0n) is 16.2. The SMILES string of the molecule is COc1ccc(C(=O)N(CCN(C)C)c2nc3c(F)cccc3s2)cc1OC. The number of aromatic nitrogens is 1. The number of carbonyl (C=O) groups is 1. The average molecular weight is 403 g/mol. The third-order valence-electron chi connectivity index (χ3n) is 4.24. The Balaban J connectivity index is 2.01. The average Bonchev–Trinajstić information content (AvgIpc) is 3.12. The highest BCUT2D eigenvalue weighted by Crippen LogP contribution is 2.32. The van der Waals surface area contributed by atoms with Crippen LogP contribution < -0.4 is 14.4 Å². The molecule has 0 saturated heterocycles. The topological polar surface area (TPSA) is 54.9 Å². The summed E-state index contributed by atoms with van der Waals surface area (Å²) in [4.78, 5) is 21.2. The van der Waals surface area contributed by atoms with Crippen molar-refractivity contribution >= 4 is 32.6 Å². The number of benzene rings is 2. The highest BCUT2D eigenvalue weighted by Gasteiger charge is 2.23. The Bertz CT molecular complexity index is 990. The molecule has 0 atom stereocenters. The molecular formula is C20H22FN3O3S. The molecule has 0 saturated carbocycles. The Morgan fingerprint density at radius 2 is 1.86 bits per heavy atom. The summed E-state index contributed by atoms with van der Waals surface area (Å²) >= 11 is 1.29. The first-order chi connectivity index (χ1) is 13.4. The molecule has 28 heavy (non-hydrogen) atoms. The zero-order chi connectivity index (χ0) is 20.3. The summed E-state index contributed by atoms with van der Waals surface area (Å²) in [6.45, 7) is 1.05. The second-order valence-corrected chi connectivity index (χ2v) is 7.42. The number of methoxy groups -OCH3 is 2. The largest absolute Gasteiger partial charge is 0.493 e. The second kappa shape index (κ2) is 8.53. The summed E-state index contributed by atoms with van der Waals surface area (Å²) in [5, 5.41) is 0.460. The number of nitrogens with zero attached hydrogens (tertiary/aromatic N) is 3. The molecule has 0 fully saturated rings. The van der Waals surface area contributed by atoms with Gasteiger partial charge in [-0.05, 0) is 44.4 Å². The van der Waals surface area contributed by atoms with Gasteiger partial charge in [-0.2, -0.15) is 0 Å². The summed E-state index contributed by atoms with van der Waals surface area (Å²) in [6, 6.07) is 9.81. The number of hydrogen-bond donors (Lipinski definition) is 0. The Hall–Kier alpha value is -2.71. The number of likely N-dealkylation sites (N-methyl/N-ethyl adjacent to an activating group) is 1. The molecule has 0 bridgehead atoms. The van der Waals surface area contributed by atoms with E-state index in [1.807, 2.05) is 19.0 Å². The molecule has 1 aromatic heterocycles. The van der Waals surface area contributed by atoms with Crippen LogP contribution in [0.15, 0.2) is 36.4 Å². The van der Waals surface area contributed by atoms with E-state index in [1.54, 1.807) is 42.3 Å². The van der Waals surface area contributed by atoms with Crippen LogP contribution in [0.4, 0.5) is 9.52 Å². The third-order valence-corrected chi connectivity index (χ3v) is 5.28. The van der Waals surface area contributed by atoms with Gasteiger partial charge in [-0.25, -0.2) is 9.37 Å². The molecule has 3 aromatic rings. The van der Waals surface area contributed by atoms with E-state index in [0.717, 1.165) is 0 Å². The van der Waals surface area contributed by atoms with Gasteiger partial charge < -0.3 is 14.4 Å². The van der Waals surface area contributed by atoms with Gasteiger partial charge in [0.25, 0.3) is 5.91 Å². The number of amides is 1. The fourth-order valence-corrected chi connectivity index (χ4v) is 3.73. The molecule has 0 N–H and O–H groups in total. The lowest BCUT2D eigenvalue weighted by molar-refractivity contribution is 0.0985. The van der Waals surface area contributed by atoms with Gasteiger partial charge in [0, 0.05) is 18.7 Å². The molecule has 8 heteroatoms. The van der Waals surface area contributed by atoms with Crippen LogP contribution in [0.2, 0.25) is 0 Å². The molecule has 0 aliphatic carbocycles. The van der Waals surface area contributed by atoms with Crippen molar-refractivity contribution in [1.82, 2.24) is 9.88 Å². The zero-order valence-corrected chi connectivity index (χ0v) is 17.0. The highest BCUT2D eigenvalue weighted by atomic mass is 32.1. The molecule has 1 amide bonds. The van der Waals surface area contributed by atoms with Crippen molar-refractivity contribution < 1.29 is 18.7 Å². The maximum absolute atomic E-state index is 14.1. The minimum atomic E-state index is -0.397. The molecule has 148 valence electrons. The van der Waals surface area contributed by atoms with Gasteiger partial charge in [-0.3, -0.25) is 9.69 Å². The number of para-hydroxylation sites is 1. The standard InChI is InChI=1S/C20H22FN3O3S/c1-23(2)10-11-24(20-22-18-14(21)6-5-7-17(18)28-20)19(25)13-8-9-15(26-3)16(12-13)27-4/h5-9,12H,10-11H2,1-4H3. The van der Waals surface area contributed by atoms with Crippen LogP contribution >= 0.6 is 11.3 Å². The van der Waals surface area contributed by atoms with Crippen LogP contribution in [-0.2, 0) is 0 Å². The lowest BCUT2D eigenvalue weighted by Crippen LogP contribution is -2.36. The summed E-state index contributed by atoms with van der Waals surface area (Å²) < 4.78 is 25.3. The normalized spacial score (nSPS) is 11.1. The molecule has 0 aliphatic rings. The lowest BCUT2D eigenvalue weighted by Gasteiger charge is -2.22. The summed E-state index contributed by atoms with van der Waals surface area (Å²) in [6.07, 6.45) is 0. The quantitative estimate of drug-likeness (QED) is 0.603. The lowest BCUT2D eigenvalue weighted by atomic mass is 10.1. The predicted octanol–water partition coefficient (Wildman–Crippen LogP) is 3.66. The molecule has 0 aliphatic heterocycles. The van der Waals surface area contributed by atoms with Crippen molar-refractivity contribution in [2.75, 3.05) is 46.3 Å². The van der Waals surface area contributed by atoms with Gasteiger partial charge in [-0.1, -0.05) is 17.4 Å². The maximum atomic E-state index is 14.1. The van der Waals surface area contributed by atoms with Crippen molar-refractivity contribution in [1.29, 1.82) is 0 Å². The first-order valence-electron chi connectivity index (χ1n) is 8.68. The fraction of sp³-hybridized carbons (Fsp3) is 0.300. The van der Waals surface area contributed by atoms with E-state index in [-0.39, 0.29) is 11.4 Å². The minimum absolute atomic E-state index is 0.234. The first kappa shape index (κ1) is 20.0. The number of ether oxygens (including phenoxy) is 2. The van der Waals surface area contributed by atoms with Crippen LogP contribution in [0.1, 0.15) is 10.4 Å². The molecular weight excluding hydrogens is 381 g/mol. The van der Waals surface area contributed by atoms with Gasteiger partial charge >= 0.3 is 0 Å². The Morgan fingerprint density at radius 3 is 2.50 bits per heavy atom. The van der Waals surface area contributed by atoms with Gasteiger partial charge in [-0.15, -0.1) is 0 Å². The van der Waals surface area contributed by atoms with Crippen LogP contribution in [0.5, 0.6) is 11.5 Å². The Labute approximate surface area is 167 Å². The van der Waals surface area contributed by atoms with Gasteiger partial charge in [0.05, 0.1) is 18.9 Å². The summed E-state index contributed by atoms with van der Waals surface area (Å²) in [5.41, 5.74) is 0.716. The van der Waals surface area contributed by atoms with Crippen LogP contribution in [0.3, 0.4) is 0 Å². The first-order valence-corrected chi connectivity index (χ1v) is 9.50. The minimum Gasteiger partial charge on any atom is -0.493 e. The van der Waals surface area contributed by atoms with Crippen molar-refractivity contribution in [2.24, 2.45) is 0 Å². The van der Waals surface area contributed by atoms with Crippen molar-refractivity contribution in [3.05, 3.63) is 47.8 Å². The number of hydrogen-bond acceptors (Lipinski definition) is 6. The van der Waals surface area contributed by atoms with E-state index in [4.69, 9.17) is 9.47 Å². The highest BCUT2D eigenvalue weighted by molar-refractivity contribution is 7.22. The molecule has 0 spiro atoms. The van der Waals surface area contributed by atoms with Crippen LogP contribution in [0, 0.1) is 5.82 Å². The Kier molecular flexibility index (Phi) is 6.11. The number of carbonyl (C=O) groups excluding carboxylic acids is 1.